The number of carboxylic acid groups (broad SMARTS) is 1. The van der Waals surface area contributed by atoms with Crippen molar-refractivity contribution in [3.8, 4) is 6.07 Å². The molecule has 1 aromatic rings. The second kappa shape index (κ2) is 3.23. The summed E-state index contributed by atoms with van der Waals surface area (Å²) < 4.78 is 13.2. The van der Waals surface area contributed by atoms with E-state index < -0.39 is 17.3 Å². The van der Waals surface area contributed by atoms with E-state index in [-0.39, 0.29) is 11.1 Å². The van der Waals surface area contributed by atoms with Crippen LogP contribution in [0.15, 0.2) is 12.1 Å². The van der Waals surface area contributed by atoms with Gasteiger partial charge in [0.25, 0.3) is 0 Å². The smallest absolute Gasteiger partial charge is 0.338 e. The monoisotopic (exact) mass is 179 g/mol. The normalized spacial score (nSPS) is 9.31. The SMILES string of the molecule is Cc1c(C#N)ccc(C(=O)O)c1F. The third kappa shape index (κ3) is 1.49. The fourth-order valence-electron chi connectivity index (χ4n) is 0.971. The van der Waals surface area contributed by atoms with Crippen molar-refractivity contribution >= 4 is 5.97 Å². The highest BCUT2D eigenvalue weighted by atomic mass is 19.1. The molecular weight excluding hydrogens is 173 g/mol. The minimum absolute atomic E-state index is 0.0717. The van der Waals surface area contributed by atoms with Gasteiger partial charge in [-0.25, -0.2) is 9.18 Å². The van der Waals surface area contributed by atoms with E-state index in [4.69, 9.17) is 10.4 Å². The Kier molecular flexibility index (Phi) is 2.29. The minimum Gasteiger partial charge on any atom is -0.478 e. The molecule has 0 saturated carbocycles. The molecule has 0 saturated heterocycles. The lowest BCUT2D eigenvalue weighted by Gasteiger charge is -2.01. The molecule has 0 unspecified atom stereocenters. The first kappa shape index (κ1) is 9.20. The molecule has 0 heterocycles. The van der Waals surface area contributed by atoms with Crippen LogP contribution in [0.25, 0.3) is 0 Å². The third-order valence-corrected chi connectivity index (χ3v) is 1.74. The van der Waals surface area contributed by atoms with Crippen molar-refractivity contribution in [3.63, 3.8) is 0 Å². The Morgan fingerprint density at radius 2 is 2.23 bits per heavy atom. The molecule has 0 atom stereocenters. The van der Waals surface area contributed by atoms with E-state index in [1.807, 2.05) is 0 Å². The molecule has 66 valence electrons. The van der Waals surface area contributed by atoms with Gasteiger partial charge in [-0.05, 0) is 19.1 Å². The standard InChI is InChI=1S/C9H6FNO2/c1-5-6(4-11)2-3-7(8(5)10)9(12)13/h2-3H,1H3,(H,12,13). The number of carboxylic acids is 1. The van der Waals surface area contributed by atoms with Crippen LogP contribution in [-0.2, 0) is 0 Å². The van der Waals surface area contributed by atoms with Crippen LogP contribution in [0.2, 0.25) is 0 Å². The summed E-state index contributed by atoms with van der Waals surface area (Å²) in [5, 5.41) is 17.0. The number of halogens is 1. The Bertz CT molecular complexity index is 407. The summed E-state index contributed by atoms with van der Waals surface area (Å²) in [6.45, 7) is 1.38. The number of benzene rings is 1. The molecule has 1 N–H and O–H groups in total. The molecule has 13 heavy (non-hydrogen) atoms. The van der Waals surface area contributed by atoms with Crippen LogP contribution in [0.4, 0.5) is 4.39 Å². The van der Waals surface area contributed by atoms with Gasteiger partial charge < -0.3 is 5.11 Å². The van der Waals surface area contributed by atoms with Gasteiger partial charge in [0.1, 0.15) is 5.82 Å². The molecule has 0 aliphatic rings. The predicted octanol–water partition coefficient (Wildman–Crippen LogP) is 1.70. The zero-order chi connectivity index (χ0) is 10.0. The van der Waals surface area contributed by atoms with E-state index in [9.17, 15) is 9.18 Å². The molecule has 0 spiro atoms. The molecule has 3 nitrogen and oxygen atoms in total. The van der Waals surface area contributed by atoms with E-state index in [1.54, 1.807) is 6.07 Å². The zero-order valence-electron chi connectivity index (χ0n) is 6.84. The summed E-state index contributed by atoms with van der Waals surface area (Å²) >= 11 is 0. The van der Waals surface area contributed by atoms with Gasteiger partial charge in [0.2, 0.25) is 0 Å². The van der Waals surface area contributed by atoms with Gasteiger partial charge in [-0.2, -0.15) is 5.26 Å². The zero-order valence-corrected chi connectivity index (χ0v) is 6.84. The van der Waals surface area contributed by atoms with Crippen molar-refractivity contribution in [2.45, 2.75) is 6.92 Å². The van der Waals surface area contributed by atoms with Gasteiger partial charge >= 0.3 is 5.97 Å². The lowest BCUT2D eigenvalue weighted by atomic mass is 10.1. The quantitative estimate of drug-likeness (QED) is 0.713. The van der Waals surface area contributed by atoms with Crippen molar-refractivity contribution in [1.82, 2.24) is 0 Å². The average Bonchev–Trinajstić information content (AvgIpc) is 2.09. The number of hydrogen-bond acceptors (Lipinski definition) is 2. The average molecular weight is 179 g/mol. The van der Waals surface area contributed by atoms with Crippen molar-refractivity contribution in [3.05, 3.63) is 34.6 Å². The Morgan fingerprint density at radius 3 is 2.69 bits per heavy atom. The molecule has 4 heteroatoms. The molecule has 0 aliphatic heterocycles. The third-order valence-electron chi connectivity index (χ3n) is 1.74. The first-order valence-electron chi connectivity index (χ1n) is 3.50. The van der Waals surface area contributed by atoms with Crippen LogP contribution >= 0.6 is 0 Å². The molecular formula is C9H6FNO2. The first-order chi connectivity index (χ1) is 6.07. The Hall–Kier alpha value is -1.89. The lowest BCUT2D eigenvalue weighted by molar-refractivity contribution is 0.0691. The number of rotatable bonds is 1. The Morgan fingerprint density at radius 1 is 1.62 bits per heavy atom. The largest absolute Gasteiger partial charge is 0.478 e. The lowest BCUT2D eigenvalue weighted by Crippen LogP contribution is -2.03. The van der Waals surface area contributed by atoms with E-state index >= 15 is 0 Å². The van der Waals surface area contributed by atoms with Crippen LogP contribution in [-0.4, -0.2) is 11.1 Å². The second-order valence-electron chi connectivity index (χ2n) is 2.52. The van der Waals surface area contributed by atoms with Gasteiger partial charge in [-0.3, -0.25) is 0 Å². The molecule has 1 aromatic carbocycles. The second-order valence-corrected chi connectivity index (χ2v) is 2.52. The molecule has 0 aromatic heterocycles. The predicted molar refractivity (Wildman–Crippen MR) is 42.8 cm³/mol. The van der Waals surface area contributed by atoms with Gasteiger partial charge in [0.05, 0.1) is 17.2 Å². The van der Waals surface area contributed by atoms with E-state index in [1.165, 1.54) is 13.0 Å². The highest BCUT2D eigenvalue weighted by Gasteiger charge is 2.14. The van der Waals surface area contributed by atoms with Crippen LogP contribution in [0, 0.1) is 24.1 Å². The Labute approximate surface area is 74.0 Å². The topological polar surface area (TPSA) is 61.1 Å². The number of aromatic carboxylic acids is 1. The van der Waals surface area contributed by atoms with Crippen molar-refractivity contribution in [1.29, 1.82) is 5.26 Å². The molecule has 0 aliphatic carbocycles. The summed E-state index contributed by atoms with van der Waals surface area (Å²) in [5.41, 5.74) is -0.179. The maximum Gasteiger partial charge on any atom is 0.338 e. The number of carbonyl (C=O) groups is 1. The summed E-state index contributed by atoms with van der Waals surface area (Å²) in [6.07, 6.45) is 0. The van der Waals surface area contributed by atoms with Crippen LogP contribution < -0.4 is 0 Å². The minimum atomic E-state index is -1.33. The summed E-state index contributed by atoms with van der Waals surface area (Å²) in [4.78, 5) is 10.5. The Balaban J connectivity index is 3.42. The fraction of sp³-hybridized carbons (Fsp3) is 0.111. The van der Waals surface area contributed by atoms with Gasteiger partial charge in [-0.15, -0.1) is 0 Å². The summed E-state index contributed by atoms with van der Waals surface area (Å²) in [6, 6.07) is 4.15. The number of nitrogens with zero attached hydrogens (tertiary/aromatic N) is 1. The summed E-state index contributed by atoms with van der Waals surface area (Å²) in [5.74, 6) is -2.17. The van der Waals surface area contributed by atoms with Crippen molar-refractivity contribution < 1.29 is 14.3 Å². The van der Waals surface area contributed by atoms with Crippen molar-refractivity contribution in [2.75, 3.05) is 0 Å². The molecule has 0 radical (unpaired) electrons. The summed E-state index contributed by atoms with van der Waals surface area (Å²) in [7, 11) is 0. The highest BCUT2D eigenvalue weighted by molar-refractivity contribution is 5.88. The van der Waals surface area contributed by atoms with Gasteiger partial charge in [0, 0.05) is 5.56 Å². The van der Waals surface area contributed by atoms with Crippen LogP contribution in [0.3, 0.4) is 0 Å². The fourth-order valence-corrected chi connectivity index (χ4v) is 0.971. The highest BCUT2D eigenvalue weighted by Crippen LogP contribution is 2.16. The number of hydrogen-bond donors (Lipinski definition) is 1. The van der Waals surface area contributed by atoms with Gasteiger partial charge in [-0.1, -0.05) is 0 Å². The van der Waals surface area contributed by atoms with E-state index in [0.29, 0.717) is 0 Å². The first-order valence-corrected chi connectivity index (χ1v) is 3.50. The molecule has 0 amide bonds. The van der Waals surface area contributed by atoms with Crippen LogP contribution in [0.1, 0.15) is 21.5 Å². The van der Waals surface area contributed by atoms with Gasteiger partial charge in [0.15, 0.2) is 0 Å². The van der Waals surface area contributed by atoms with Crippen LogP contribution in [0.5, 0.6) is 0 Å². The maximum absolute atomic E-state index is 13.2. The van der Waals surface area contributed by atoms with E-state index in [2.05, 4.69) is 0 Å². The molecule has 1 rings (SSSR count). The molecule has 0 bridgehead atoms. The maximum atomic E-state index is 13.2. The number of nitriles is 1. The van der Waals surface area contributed by atoms with Crippen molar-refractivity contribution in [2.24, 2.45) is 0 Å². The van der Waals surface area contributed by atoms with E-state index in [0.717, 1.165) is 6.07 Å². The molecule has 0 fully saturated rings.